The second kappa shape index (κ2) is 8.32. The molecule has 0 heterocycles. The lowest BCUT2D eigenvalue weighted by atomic mass is 9.87. The molecule has 0 radical (unpaired) electrons. The van der Waals surface area contributed by atoms with E-state index in [1.807, 2.05) is 24.3 Å². The van der Waals surface area contributed by atoms with Gasteiger partial charge in [-0.25, -0.2) is 0 Å². The summed E-state index contributed by atoms with van der Waals surface area (Å²) in [6.07, 6.45) is 4.84. The first kappa shape index (κ1) is 16.2. The topological polar surface area (TPSA) is 41.5 Å². The largest absolute Gasteiger partial charge is 0.387 e. The zero-order valence-electron chi connectivity index (χ0n) is 12.0. The molecular weight excluding hydrogens is 365 g/mol. The van der Waals surface area contributed by atoms with Crippen molar-refractivity contribution in [1.82, 2.24) is 5.32 Å². The minimum Gasteiger partial charge on any atom is -0.387 e. The molecular formula is C16H24INO2. The van der Waals surface area contributed by atoms with E-state index in [9.17, 15) is 5.11 Å². The van der Waals surface area contributed by atoms with Crippen LogP contribution in [-0.4, -0.2) is 31.4 Å². The van der Waals surface area contributed by atoms with Crippen molar-refractivity contribution in [3.63, 3.8) is 0 Å². The van der Waals surface area contributed by atoms with Gasteiger partial charge in [-0.15, -0.1) is 0 Å². The third-order valence-corrected chi connectivity index (χ3v) is 4.80. The lowest BCUT2D eigenvalue weighted by Gasteiger charge is -2.28. The zero-order valence-corrected chi connectivity index (χ0v) is 14.2. The molecule has 112 valence electrons. The summed E-state index contributed by atoms with van der Waals surface area (Å²) in [5.74, 6) is 0.726. The van der Waals surface area contributed by atoms with Crippen LogP contribution in [0.15, 0.2) is 24.3 Å². The molecule has 3 nitrogen and oxygen atoms in total. The molecule has 1 aliphatic carbocycles. The maximum absolute atomic E-state index is 10.2. The highest BCUT2D eigenvalue weighted by molar-refractivity contribution is 14.1. The molecule has 0 bridgehead atoms. The number of ether oxygens (including phenoxy) is 1. The molecule has 2 rings (SSSR count). The van der Waals surface area contributed by atoms with E-state index in [1.54, 1.807) is 7.11 Å². The Morgan fingerprint density at radius 3 is 2.75 bits per heavy atom. The number of halogens is 1. The van der Waals surface area contributed by atoms with Crippen LogP contribution >= 0.6 is 22.6 Å². The van der Waals surface area contributed by atoms with Crippen LogP contribution in [0.1, 0.15) is 37.4 Å². The minimum absolute atomic E-state index is 0.417. The Balaban J connectivity index is 1.68. The van der Waals surface area contributed by atoms with Crippen molar-refractivity contribution < 1.29 is 9.84 Å². The summed E-state index contributed by atoms with van der Waals surface area (Å²) in [5.41, 5.74) is 0.993. The van der Waals surface area contributed by atoms with Crippen LogP contribution in [0.3, 0.4) is 0 Å². The molecule has 0 aromatic heterocycles. The van der Waals surface area contributed by atoms with Crippen molar-refractivity contribution in [2.45, 2.75) is 37.9 Å². The fourth-order valence-corrected chi connectivity index (χ4v) is 3.39. The van der Waals surface area contributed by atoms with Gasteiger partial charge in [-0.05, 0) is 78.4 Å². The summed E-state index contributed by atoms with van der Waals surface area (Å²) in [6.45, 7) is 1.63. The van der Waals surface area contributed by atoms with Gasteiger partial charge in [0, 0.05) is 17.2 Å². The van der Waals surface area contributed by atoms with Crippen LogP contribution in [0.2, 0.25) is 0 Å². The number of nitrogens with one attached hydrogen (secondary N) is 1. The van der Waals surface area contributed by atoms with E-state index in [1.165, 1.54) is 25.7 Å². The highest BCUT2D eigenvalue weighted by Gasteiger charge is 2.20. The predicted octanol–water partition coefficient (Wildman–Crippen LogP) is 3.12. The Labute approximate surface area is 135 Å². The molecule has 1 fully saturated rings. The van der Waals surface area contributed by atoms with Crippen LogP contribution in [0, 0.1) is 9.49 Å². The Bertz CT molecular complexity index is 405. The van der Waals surface area contributed by atoms with Crippen molar-refractivity contribution in [1.29, 1.82) is 0 Å². The second-order valence-electron chi connectivity index (χ2n) is 5.61. The van der Waals surface area contributed by atoms with Crippen LogP contribution < -0.4 is 5.32 Å². The molecule has 0 saturated heterocycles. The van der Waals surface area contributed by atoms with Gasteiger partial charge in [0.15, 0.2) is 0 Å². The standard InChI is InChI=1S/C16H24INO2/c1-20-15-7-5-12(6-8-15)10-18-11-16(19)13-3-2-4-14(17)9-13/h2-4,9,12,15-16,18-19H,5-8,10-11H2,1H3/t12?,15?,16-/m0/s1. The average molecular weight is 389 g/mol. The summed E-state index contributed by atoms with van der Waals surface area (Å²) >= 11 is 2.27. The average Bonchev–Trinajstić information content (AvgIpc) is 2.48. The van der Waals surface area contributed by atoms with Gasteiger partial charge in [0.25, 0.3) is 0 Å². The first-order valence-electron chi connectivity index (χ1n) is 7.36. The Hall–Kier alpha value is -0.170. The summed E-state index contributed by atoms with van der Waals surface area (Å²) < 4.78 is 6.55. The van der Waals surface area contributed by atoms with Gasteiger partial charge in [-0.2, -0.15) is 0 Å². The summed E-state index contributed by atoms with van der Waals surface area (Å²) in [4.78, 5) is 0. The molecule has 20 heavy (non-hydrogen) atoms. The molecule has 0 amide bonds. The number of aliphatic hydroxyl groups is 1. The fraction of sp³-hybridized carbons (Fsp3) is 0.625. The van der Waals surface area contributed by atoms with Gasteiger partial charge in [0.05, 0.1) is 12.2 Å². The van der Waals surface area contributed by atoms with Gasteiger partial charge >= 0.3 is 0 Å². The number of hydrogen-bond donors (Lipinski definition) is 2. The van der Waals surface area contributed by atoms with Gasteiger partial charge in [0.1, 0.15) is 0 Å². The van der Waals surface area contributed by atoms with Gasteiger partial charge < -0.3 is 15.2 Å². The maximum Gasteiger partial charge on any atom is 0.0914 e. The van der Waals surface area contributed by atoms with Crippen LogP contribution in [0.25, 0.3) is 0 Å². The number of hydrogen-bond acceptors (Lipinski definition) is 3. The van der Waals surface area contributed by atoms with Gasteiger partial charge in [-0.3, -0.25) is 0 Å². The SMILES string of the molecule is COC1CCC(CNC[C@H](O)c2cccc(I)c2)CC1. The van der Waals surface area contributed by atoms with Crippen molar-refractivity contribution in [2.75, 3.05) is 20.2 Å². The lowest BCUT2D eigenvalue weighted by Crippen LogP contribution is -2.31. The smallest absolute Gasteiger partial charge is 0.0914 e. The van der Waals surface area contributed by atoms with Crippen molar-refractivity contribution in [3.05, 3.63) is 33.4 Å². The van der Waals surface area contributed by atoms with Crippen LogP contribution in [0.5, 0.6) is 0 Å². The molecule has 0 unspecified atom stereocenters. The number of methoxy groups -OCH3 is 1. The molecule has 1 atom stereocenters. The lowest BCUT2D eigenvalue weighted by molar-refractivity contribution is 0.0561. The van der Waals surface area contributed by atoms with E-state index in [-0.39, 0.29) is 0 Å². The molecule has 0 aliphatic heterocycles. The summed E-state index contributed by atoms with van der Waals surface area (Å²) in [6, 6.07) is 8.06. The highest BCUT2D eigenvalue weighted by atomic mass is 127. The molecule has 2 N–H and O–H groups in total. The Morgan fingerprint density at radius 1 is 1.35 bits per heavy atom. The number of rotatable bonds is 6. The van der Waals surface area contributed by atoms with Crippen molar-refractivity contribution >= 4 is 22.6 Å². The third-order valence-electron chi connectivity index (χ3n) is 4.13. The molecule has 0 spiro atoms. The number of aliphatic hydroxyl groups excluding tert-OH is 1. The zero-order chi connectivity index (χ0) is 14.4. The second-order valence-corrected chi connectivity index (χ2v) is 6.85. The van der Waals surface area contributed by atoms with E-state index < -0.39 is 6.10 Å². The normalized spacial score (nSPS) is 24.6. The summed E-state index contributed by atoms with van der Waals surface area (Å²) in [5, 5.41) is 13.6. The van der Waals surface area contributed by atoms with Crippen molar-refractivity contribution in [2.24, 2.45) is 5.92 Å². The van der Waals surface area contributed by atoms with E-state index in [4.69, 9.17) is 4.74 Å². The molecule has 1 aromatic rings. The van der Waals surface area contributed by atoms with Gasteiger partial charge in [0.2, 0.25) is 0 Å². The van der Waals surface area contributed by atoms with Gasteiger partial charge in [-0.1, -0.05) is 12.1 Å². The number of benzene rings is 1. The third kappa shape index (κ3) is 4.98. The van der Waals surface area contributed by atoms with E-state index >= 15 is 0 Å². The molecule has 4 heteroatoms. The molecule has 1 aliphatic rings. The highest BCUT2D eigenvalue weighted by Crippen LogP contribution is 2.25. The Kier molecular flexibility index (Phi) is 6.74. The summed E-state index contributed by atoms with van der Waals surface area (Å²) in [7, 11) is 1.81. The van der Waals surface area contributed by atoms with E-state index in [2.05, 4.69) is 27.9 Å². The monoisotopic (exact) mass is 389 g/mol. The van der Waals surface area contributed by atoms with Crippen molar-refractivity contribution in [3.8, 4) is 0 Å². The first-order chi connectivity index (χ1) is 9.69. The van der Waals surface area contributed by atoms with Crippen LogP contribution in [-0.2, 0) is 4.74 Å². The quantitative estimate of drug-likeness (QED) is 0.735. The maximum atomic E-state index is 10.2. The fourth-order valence-electron chi connectivity index (χ4n) is 2.83. The molecule has 1 aromatic carbocycles. The van der Waals surface area contributed by atoms with Crippen LogP contribution in [0.4, 0.5) is 0 Å². The molecule has 1 saturated carbocycles. The first-order valence-corrected chi connectivity index (χ1v) is 8.44. The van der Waals surface area contributed by atoms with E-state index in [0.717, 1.165) is 21.6 Å². The Morgan fingerprint density at radius 2 is 2.10 bits per heavy atom. The van der Waals surface area contributed by atoms with E-state index in [0.29, 0.717) is 12.6 Å². The minimum atomic E-state index is -0.417. The predicted molar refractivity (Wildman–Crippen MR) is 89.7 cm³/mol.